The molecule has 0 spiro atoms. The van der Waals surface area contributed by atoms with Crippen LogP contribution in [-0.2, 0) is 0 Å². The molecule has 0 rings (SSSR count). The third kappa shape index (κ3) is 2.54. The topological polar surface area (TPSA) is 0 Å². The quantitative estimate of drug-likeness (QED) is 0.444. The Morgan fingerprint density at radius 3 is 2.00 bits per heavy atom. The third-order valence-corrected chi connectivity index (χ3v) is 2.60. The molecule has 0 amide bonds. The SMILES string of the molecule is C[CH2][GeH2][CH3]. The zero-order chi connectivity index (χ0) is 3.41. The molecule has 0 aromatic heterocycles. The summed E-state index contributed by atoms with van der Waals surface area (Å²) in [5.41, 5.74) is 0. The molecule has 0 bridgehead atoms. The third-order valence-electron chi connectivity index (χ3n) is 0.500. The van der Waals surface area contributed by atoms with Gasteiger partial charge in [0.1, 0.15) is 0 Å². The van der Waals surface area contributed by atoms with Gasteiger partial charge in [0.05, 0.1) is 0 Å². The van der Waals surface area contributed by atoms with Gasteiger partial charge in [0.25, 0.3) is 0 Å². The monoisotopic (exact) mass is 120 g/mol. The van der Waals surface area contributed by atoms with Crippen molar-refractivity contribution < 1.29 is 0 Å². The molecule has 0 aliphatic rings. The first kappa shape index (κ1) is 4.54. The predicted molar refractivity (Wildman–Crippen MR) is 24.9 cm³/mol. The van der Waals surface area contributed by atoms with E-state index < -0.39 is 0 Å². The van der Waals surface area contributed by atoms with Crippen molar-refractivity contribution >= 4 is 15.4 Å². The number of hydrogen-bond donors (Lipinski definition) is 0. The number of hydrogen-bond acceptors (Lipinski definition) is 0. The average molecular weight is 119 g/mol. The Morgan fingerprint density at radius 2 is 2.00 bits per heavy atom. The van der Waals surface area contributed by atoms with Crippen molar-refractivity contribution in [2.45, 2.75) is 17.9 Å². The van der Waals surface area contributed by atoms with Gasteiger partial charge in [-0.1, -0.05) is 0 Å². The second kappa shape index (κ2) is 3.54. The van der Waals surface area contributed by atoms with E-state index in [1.807, 2.05) is 0 Å². The van der Waals surface area contributed by atoms with Gasteiger partial charge >= 0.3 is 33.4 Å². The normalized spacial score (nSPS) is 10.5. The van der Waals surface area contributed by atoms with Crippen LogP contribution >= 0.6 is 0 Å². The van der Waals surface area contributed by atoms with Crippen LogP contribution in [-0.4, -0.2) is 15.4 Å². The molecule has 0 saturated carbocycles. The van der Waals surface area contributed by atoms with Crippen LogP contribution in [0.1, 0.15) is 6.92 Å². The van der Waals surface area contributed by atoms with Gasteiger partial charge in [-0.25, -0.2) is 0 Å². The van der Waals surface area contributed by atoms with Gasteiger partial charge in [0, 0.05) is 0 Å². The second-order valence-electron chi connectivity index (χ2n) is 1.000. The molecule has 0 radical (unpaired) electrons. The summed E-state index contributed by atoms with van der Waals surface area (Å²) >= 11 is 0.111. The van der Waals surface area contributed by atoms with Gasteiger partial charge in [0.2, 0.25) is 0 Å². The van der Waals surface area contributed by atoms with Crippen molar-refractivity contribution in [3.8, 4) is 0 Å². The average Bonchev–Trinajstić information content (AvgIpc) is 1.37. The van der Waals surface area contributed by atoms with Crippen molar-refractivity contribution in [2.75, 3.05) is 0 Å². The molecule has 0 fully saturated rings. The zero-order valence-corrected chi connectivity index (χ0v) is 6.38. The van der Waals surface area contributed by atoms with E-state index in [9.17, 15) is 0 Å². The van der Waals surface area contributed by atoms with Crippen molar-refractivity contribution in [3.63, 3.8) is 0 Å². The molecule has 0 nitrogen and oxygen atoms in total. The Hall–Kier alpha value is 0.543. The summed E-state index contributed by atoms with van der Waals surface area (Å²) in [6, 6.07) is 0. The van der Waals surface area contributed by atoms with Crippen LogP contribution < -0.4 is 0 Å². The van der Waals surface area contributed by atoms with Crippen LogP contribution in [0.3, 0.4) is 0 Å². The fourth-order valence-corrected chi connectivity index (χ4v) is 0. The summed E-state index contributed by atoms with van der Waals surface area (Å²) in [6.45, 7) is 2.26. The van der Waals surface area contributed by atoms with E-state index in [1.165, 1.54) is 5.25 Å². The summed E-state index contributed by atoms with van der Waals surface area (Å²) < 4.78 is 0. The predicted octanol–water partition coefficient (Wildman–Crippen LogP) is 0.641. The van der Waals surface area contributed by atoms with E-state index in [4.69, 9.17) is 0 Å². The molecule has 26 valence electrons. The van der Waals surface area contributed by atoms with E-state index in [-0.39, 0.29) is 15.4 Å². The summed E-state index contributed by atoms with van der Waals surface area (Å²) in [5, 5.41) is 1.51. The Bertz CT molecular complexity index is 5.25. The molecule has 0 aromatic carbocycles. The van der Waals surface area contributed by atoms with Crippen molar-refractivity contribution in [2.24, 2.45) is 0 Å². The van der Waals surface area contributed by atoms with Crippen LogP contribution in [0.25, 0.3) is 0 Å². The van der Waals surface area contributed by atoms with Crippen LogP contribution in [0.4, 0.5) is 0 Å². The first-order valence-corrected chi connectivity index (χ1v) is 6.98. The van der Waals surface area contributed by atoms with Gasteiger partial charge in [-0.15, -0.1) is 0 Å². The second-order valence-corrected chi connectivity index (χ2v) is 5.20. The molecule has 0 saturated heterocycles. The molecule has 0 aromatic rings. The van der Waals surface area contributed by atoms with Gasteiger partial charge in [-0.3, -0.25) is 0 Å². The maximum atomic E-state index is 2.37. The molecular weight excluding hydrogens is 109 g/mol. The molecule has 1 heteroatoms. The first-order valence-electron chi connectivity index (χ1n) is 1.91. The Kier molecular flexibility index (Phi) is 4.02. The van der Waals surface area contributed by atoms with Crippen molar-refractivity contribution in [3.05, 3.63) is 0 Å². The van der Waals surface area contributed by atoms with Gasteiger partial charge in [0.15, 0.2) is 0 Å². The molecule has 0 atom stereocenters. The zero-order valence-electron chi connectivity index (χ0n) is 3.41. The van der Waals surface area contributed by atoms with Crippen molar-refractivity contribution in [1.29, 1.82) is 0 Å². The van der Waals surface area contributed by atoms with Gasteiger partial charge in [-0.2, -0.15) is 0 Å². The fraction of sp³-hybridized carbons (Fsp3) is 1.00. The summed E-state index contributed by atoms with van der Waals surface area (Å²) in [4.78, 5) is 0. The van der Waals surface area contributed by atoms with Crippen LogP contribution in [0.5, 0.6) is 0 Å². The minimum absolute atomic E-state index is 0.111. The van der Waals surface area contributed by atoms with E-state index in [1.54, 1.807) is 0 Å². The van der Waals surface area contributed by atoms with Gasteiger partial charge < -0.3 is 0 Å². The first-order chi connectivity index (χ1) is 1.91. The molecule has 0 unspecified atom stereocenters. The molecule has 0 heterocycles. The summed E-state index contributed by atoms with van der Waals surface area (Å²) in [5.74, 6) is 2.37. The van der Waals surface area contributed by atoms with Crippen LogP contribution in [0.15, 0.2) is 0 Å². The molecule has 4 heavy (non-hydrogen) atoms. The molecule has 0 N–H and O–H groups in total. The Balaban J connectivity index is 1.97. The number of rotatable bonds is 1. The Labute approximate surface area is 34.1 Å². The van der Waals surface area contributed by atoms with Crippen LogP contribution in [0, 0.1) is 0 Å². The standard InChI is InChI=1S/C3H10Ge/c1-3-4-2/h3-4H2,1-2H3. The minimum atomic E-state index is 0.111. The molecule has 0 aliphatic carbocycles. The van der Waals surface area contributed by atoms with Crippen molar-refractivity contribution in [1.82, 2.24) is 0 Å². The fourth-order valence-electron chi connectivity index (χ4n) is 0. The molecule has 0 aliphatic heterocycles. The summed E-state index contributed by atoms with van der Waals surface area (Å²) in [6.07, 6.45) is 0. The van der Waals surface area contributed by atoms with E-state index >= 15 is 0 Å². The Morgan fingerprint density at radius 1 is 1.75 bits per heavy atom. The van der Waals surface area contributed by atoms with E-state index in [0.717, 1.165) is 0 Å². The van der Waals surface area contributed by atoms with E-state index in [0.29, 0.717) is 0 Å². The van der Waals surface area contributed by atoms with Gasteiger partial charge in [-0.05, 0) is 0 Å². The summed E-state index contributed by atoms with van der Waals surface area (Å²) in [7, 11) is 0. The van der Waals surface area contributed by atoms with E-state index in [2.05, 4.69) is 12.7 Å². The van der Waals surface area contributed by atoms with Crippen LogP contribution in [0.2, 0.25) is 11.0 Å². The molecular formula is C3H10Ge. The maximum absolute atomic E-state index is 2.37.